The van der Waals surface area contributed by atoms with Crippen LogP contribution in [0.2, 0.25) is 0 Å². The van der Waals surface area contributed by atoms with Gasteiger partial charge in [-0.05, 0) is 42.7 Å². The summed E-state index contributed by atoms with van der Waals surface area (Å²) in [5, 5.41) is 2.67. The van der Waals surface area contributed by atoms with Gasteiger partial charge in [-0.3, -0.25) is 9.78 Å². The van der Waals surface area contributed by atoms with Gasteiger partial charge < -0.3 is 10.2 Å². The molecule has 1 amide bonds. The molecule has 5 nitrogen and oxygen atoms in total. The molecular weight excluding hydrogens is 405 g/mol. The van der Waals surface area contributed by atoms with E-state index in [9.17, 15) is 18.0 Å². The van der Waals surface area contributed by atoms with Gasteiger partial charge in [0.2, 0.25) is 0 Å². The van der Waals surface area contributed by atoms with E-state index in [1.165, 1.54) is 6.07 Å². The zero-order valence-corrected chi connectivity index (χ0v) is 16.7. The fourth-order valence-electron chi connectivity index (χ4n) is 3.62. The van der Waals surface area contributed by atoms with E-state index in [2.05, 4.69) is 20.2 Å². The van der Waals surface area contributed by atoms with Crippen molar-refractivity contribution in [2.45, 2.75) is 25.6 Å². The Morgan fingerprint density at radius 3 is 2.42 bits per heavy atom. The molecular formula is C23H21F3N4O. The van der Waals surface area contributed by atoms with Crippen molar-refractivity contribution in [2.75, 3.05) is 18.0 Å². The zero-order chi connectivity index (χ0) is 21.8. The van der Waals surface area contributed by atoms with Gasteiger partial charge in [0, 0.05) is 43.2 Å². The number of aromatic nitrogens is 2. The van der Waals surface area contributed by atoms with Crippen molar-refractivity contribution in [1.29, 1.82) is 0 Å². The minimum absolute atomic E-state index is 0.00771. The molecule has 1 aliphatic heterocycles. The number of carbonyl (C=O) groups is 1. The highest BCUT2D eigenvalue weighted by atomic mass is 19.4. The van der Waals surface area contributed by atoms with E-state index < -0.39 is 11.7 Å². The Morgan fingerprint density at radius 2 is 1.71 bits per heavy atom. The van der Waals surface area contributed by atoms with Crippen molar-refractivity contribution in [2.24, 2.45) is 0 Å². The molecule has 160 valence electrons. The molecule has 0 spiro atoms. The number of hydrogen-bond donors (Lipinski definition) is 1. The van der Waals surface area contributed by atoms with Crippen molar-refractivity contribution in [3.8, 4) is 11.3 Å². The summed E-state index contributed by atoms with van der Waals surface area (Å²) >= 11 is 0. The number of amides is 1. The molecule has 0 unspecified atom stereocenters. The summed E-state index contributed by atoms with van der Waals surface area (Å²) in [4.78, 5) is 23.6. The number of alkyl halides is 3. The number of anilines is 1. The topological polar surface area (TPSA) is 58.1 Å². The Kier molecular flexibility index (Phi) is 5.88. The van der Waals surface area contributed by atoms with Crippen LogP contribution in [0.25, 0.3) is 11.3 Å². The fourth-order valence-corrected chi connectivity index (χ4v) is 3.62. The van der Waals surface area contributed by atoms with Crippen molar-refractivity contribution < 1.29 is 18.0 Å². The number of benzene rings is 2. The van der Waals surface area contributed by atoms with Gasteiger partial charge in [-0.2, -0.15) is 13.2 Å². The highest BCUT2D eigenvalue weighted by molar-refractivity contribution is 5.94. The van der Waals surface area contributed by atoms with E-state index in [-0.39, 0.29) is 12.5 Å². The van der Waals surface area contributed by atoms with Gasteiger partial charge in [0.25, 0.3) is 5.91 Å². The maximum Gasteiger partial charge on any atom is 0.416 e. The smallest absolute Gasteiger partial charge is 0.355 e. The van der Waals surface area contributed by atoms with Crippen LogP contribution in [-0.2, 0) is 12.7 Å². The molecule has 0 bridgehead atoms. The van der Waals surface area contributed by atoms with Gasteiger partial charge in [-0.15, -0.1) is 0 Å². The van der Waals surface area contributed by atoms with Crippen LogP contribution in [0.1, 0.15) is 34.3 Å². The third kappa shape index (κ3) is 4.84. The Morgan fingerprint density at radius 1 is 1.00 bits per heavy atom. The fraction of sp³-hybridized carbons (Fsp3) is 0.261. The van der Waals surface area contributed by atoms with Crippen molar-refractivity contribution >= 4 is 11.7 Å². The summed E-state index contributed by atoms with van der Waals surface area (Å²) in [5.74, 6) is 0.477. The van der Waals surface area contributed by atoms with Gasteiger partial charge in [-0.25, -0.2) is 4.98 Å². The molecule has 0 atom stereocenters. The predicted octanol–water partition coefficient (Wildman–Crippen LogP) is 4.69. The number of halogens is 3. The largest absolute Gasteiger partial charge is 0.416 e. The molecule has 1 aromatic heterocycles. The summed E-state index contributed by atoms with van der Waals surface area (Å²) in [7, 11) is 0. The van der Waals surface area contributed by atoms with Crippen LogP contribution in [0.4, 0.5) is 19.0 Å². The molecule has 0 aliphatic carbocycles. The quantitative estimate of drug-likeness (QED) is 0.643. The summed E-state index contributed by atoms with van der Waals surface area (Å²) in [6, 6.07) is 11.9. The molecule has 1 aliphatic rings. The average molecular weight is 426 g/mol. The second-order valence-electron chi connectivity index (χ2n) is 7.38. The number of carbonyl (C=O) groups excluding carboxylic acids is 1. The van der Waals surface area contributed by atoms with E-state index in [0.717, 1.165) is 55.1 Å². The normalized spacial score (nSPS) is 14.0. The monoisotopic (exact) mass is 426 g/mol. The van der Waals surface area contributed by atoms with Crippen LogP contribution in [-0.4, -0.2) is 29.0 Å². The first-order valence-electron chi connectivity index (χ1n) is 10.0. The summed E-state index contributed by atoms with van der Waals surface area (Å²) in [6.45, 7) is 1.90. The molecule has 31 heavy (non-hydrogen) atoms. The first-order chi connectivity index (χ1) is 14.9. The lowest BCUT2D eigenvalue weighted by Gasteiger charge is -2.19. The summed E-state index contributed by atoms with van der Waals surface area (Å²) in [6.07, 6.45) is 1.16. The highest BCUT2D eigenvalue weighted by Crippen LogP contribution is 2.30. The lowest BCUT2D eigenvalue weighted by atomic mass is 10.1. The van der Waals surface area contributed by atoms with Crippen LogP contribution >= 0.6 is 0 Å². The zero-order valence-electron chi connectivity index (χ0n) is 16.7. The molecule has 4 rings (SSSR count). The second kappa shape index (κ2) is 8.75. The van der Waals surface area contributed by atoms with E-state index >= 15 is 0 Å². The molecule has 1 N–H and O–H groups in total. The second-order valence-corrected chi connectivity index (χ2v) is 7.38. The molecule has 3 aromatic rings. The SMILES string of the molecule is O=C(NCc1cccc(C(F)(F)F)c1)c1ccc(-c2nccnc2N2CCCC2)cc1. The molecule has 8 heteroatoms. The molecule has 1 saturated heterocycles. The Labute approximate surface area is 178 Å². The van der Waals surface area contributed by atoms with Gasteiger partial charge in [-0.1, -0.05) is 24.3 Å². The third-order valence-electron chi connectivity index (χ3n) is 5.21. The van der Waals surface area contributed by atoms with Crippen LogP contribution in [0.15, 0.2) is 60.9 Å². The minimum Gasteiger partial charge on any atom is -0.355 e. The van der Waals surface area contributed by atoms with E-state index in [0.29, 0.717) is 11.1 Å². The lowest BCUT2D eigenvalue weighted by Crippen LogP contribution is -2.23. The van der Waals surface area contributed by atoms with Crippen molar-refractivity contribution in [1.82, 2.24) is 15.3 Å². The standard InChI is InChI=1S/C23H21F3N4O/c24-23(25,26)19-5-3-4-16(14-19)15-29-22(31)18-8-6-17(7-9-18)20-21(28-11-10-27-20)30-12-1-2-13-30/h3-11,14H,1-2,12-13,15H2,(H,29,31). The number of hydrogen-bond acceptors (Lipinski definition) is 4. The Bertz CT molecular complexity index is 1060. The molecule has 1 fully saturated rings. The third-order valence-corrected chi connectivity index (χ3v) is 5.21. The Hall–Kier alpha value is -3.42. The van der Waals surface area contributed by atoms with E-state index in [1.54, 1.807) is 30.6 Å². The molecule has 0 saturated carbocycles. The number of rotatable bonds is 5. The van der Waals surface area contributed by atoms with E-state index in [1.807, 2.05) is 12.1 Å². The average Bonchev–Trinajstić information content (AvgIpc) is 3.32. The Balaban J connectivity index is 1.45. The van der Waals surface area contributed by atoms with Gasteiger partial charge in [0.05, 0.1) is 5.56 Å². The first kappa shape index (κ1) is 20.8. The minimum atomic E-state index is -4.41. The number of nitrogens with one attached hydrogen (secondary N) is 1. The van der Waals surface area contributed by atoms with E-state index in [4.69, 9.17) is 0 Å². The predicted molar refractivity (Wildman–Crippen MR) is 112 cm³/mol. The van der Waals surface area contributed by atoms with Crippen LogP contribution in [0.3, 0.4) is 0 Å². The van der Waals surface area contributed by atoms with Crippen LogP contribution in [0.5, 0.6) is 0 Å². The maximum atomic E-state index is 12.8. The molecule has 2 heterocycles. The lowest BCUT2D eigenvalue weighted by molar-refractivity contribution is -0.137. The van der Waals surface area contributed by atoms with Crippen molar-refractivity contribution in [3.05, 3.63) is 77.6 Å². The highest BCUT2D eigenvalue weighted by Gasteiger charge is 2.30. The maximum absolute atomic E-state index is 12.8. The van der Waals surface area contributed by atoms with Gasteiger partial charge in [0.15, 0.2) is 5.82 Å². The molecule has 2 aromatic carbocycles. The summed E-state index contributed by atoms with van der Waals surface area (Å²) < 4.78 is 38.5. The van der Waals surface area contributed by atoms with Crippen molar-refractivity contribution in [3.63, 3.8) is 0 Å². The summed E-state index contributed by atoms with van der Waals surface area (Å²) in [5.41, 5.74) is 1.68. The van der Waals surface area contributed by atoms with Crippen LogP contribution < -0.4 is 10.2 Å². The van der Waals surface area contributed by atoms with Crippen LogP contribution in [0, 0.1) is 0 Å². The number of nitrogens with zero attached hydrogens (tertiary/aromatic N) is 3. The van der Waals surface area contributed by atoms with Gasteiger partial charge in [0.1, 0.15) is 5.69 Å². The molecule has 0 radical (unpaired) electrons. The first-order valence-corrected chi connectivity index (χ1v) is 10.0. The van der Waals surface area contributed by atoms with Gasteiger partial charge >= 0.3 is 6.18 Å².